The Morgan fingerprint density at radius 3 is 2.67 bits per heavy atom. The summed E-state index contributed by atoms with van der Waals surface area (Å²) in [7, 11) is 0. The summed E-state index contributed by atoms with van der Waals surface area (Å²) in [5, 5.41) is 19.3. The molecule has 0 aliphatic carbocycles. The van der Waals surface area contributed by atoms with Crippen molar-refractivity contribution in [1.82, 2.24) is 4.98 Å². The maximum absolute atomic E-state index is 12.1. The van der Waals surface area contributed by atoms with Crippen LogP contribution in [0.15, 0.2) is 6.20 Å². The molecule has 1 heterocycles. The molecule has 0 amide bonds. The molecule has 1 aromatic rings. The van der Waals surface area contributed by atoms with Gasteiger partial charge in [-0.1, -0.05) is 0 Å². The molecule has 0 saturated heterocycles. The summed E-state index contributed by atoms with van der Waals surface area (Å²) in [5.74, 6) is -0.976. The SMILES string of the molecule is N#CCc1c(OC(F)(F)F)ncc(I)c1[N+](=O)[O-]. The van der Waals surface area contributed by atoms with Crippen LogP contribution in [0.25, 0.3) is 0 Å². The second-order valence-corrected chi connectivity index (χ2v) is 4.04. The summed E-state index contributed by atoms with van der Waals surface area (Å²) >= 11 is 1.54. The highest BCUT2D eigenvalue weighted by Crippen LogP contribution is 2.33. The normalized spacial score (nSPS) is 10.8. The van der Waals surface area contributed by atoms with Gasteiger partial charge in [0.25, 0.3) is 5.69 Å². The van der Waals surface area contributed by atoms with Crippen molar-refractivity contribution < 1.29 is 22.8 Å². The van der Waals surface area contributed by atoms with Crippen LogP contribution in [0, 0.1) is 25.0 Å². The third kappa shape index (κ3) is 3.42. The number of alkyl halides is 3. The van der Waals surface area contributed by atoms with E-state index in [-0.39, 0.29) is 3.57 Å². The molecule has 6 nitrogen and oxygen atoms in total. The summed E-state index contributed by atoms with van der Waals surface area (Å²) in [6.07, 6.45) is -4.76. The number of hydrogen-bond donors (Lipinski definition) is 0. The lowest BCUT2D eigenvalue weighted by Gasteiger charge is -2.11. The maximum atomic E-state index is 12.1. The zero-order chi connectivity index (χ0) is 13.9. The second kappa shape index (κ2) is 5.34. The number of aromatic nitrogens is 1. The van der Waals surface area contributed by atoms with Gasteiger partial charge in [-0.15, -0.1) is 13.2 Å². The van der Waals surface area contributed by atoms with Crippen LogP contribution in [0.1, 0.15) is 5.56 Å². The molecule has 0 bridgehead atoms. The predicted octanol–water partition coefficient (Wildman–Crippen LogP) is 2.56. The van der Waals surface area contributed by atoms with E-state index >= 15 is 0 Å². The van der Waals surface area contributed by atoms with E-state index in [2.05, 4.69) is 9.72 Å². The van der Waals surface area contributed by atoms with Crippen molar-refractivity contribution in [3.05, 3.63) is 25.4 Å². The zero-order valence-electron chi connectivity index (χ0n) is 8.36. The molecule has 0 spiro atoms. The molecule has 18 heavy (non-hydrogen) atoms. The van der Waals surface area contributed by atoms with Gasteiger partial charge in [0.2, 0.25) is 5.88 Å². The Labute approximate surface area is 112 Å². The number of nitro groups is 1. The highest BCUT2D eigenvalue weighted by atomic mass is 127. The quantitative estimate of drug-likeness (QED) is 0.462. The number of ether oxygens (including phenoxy) is 1. The van der Waals surface area contributed by atoms with Crippen LogP contribution in [0.2, 0.25) is 0 Å². The Bertz CT molecular complexity index is 527. The average molecular weight is 373 g/mol. The van der Waals surface area contributed by atoms with E-state index < -0.39 is 34.8 Å². The van der Waals surface area contributed by atoms with E-state index in [0.717, 1.165) is 6.20 Å². The van der Waals surface area contributed by atoms with E-state index in [1.54, 1.807) is 22.6 Å². The first kappa shape index (κ1) is 14.4. The fourth-order valence-corrected chi connectivity index (χ4v) is 1.79. The fraction of sp³-hybridized carbons (Fsp3) is 0.250. The largest absolute Gasteiger partial charge is 0.574 e. The van der Waals surface area contributed by atoms with Gasteiger partial charge < -0.3 is 4.74 Å². The van der Waals surface area contributed by atoms with Crippen LogP contribution < -0.4 is 4.74 Å². The Morgan fingerprint density at radius 1 is 1.61 bits per heavy atom. The highest BCUT2D eigenvalue weighted by Gasteiger charge is 2.35. The molecule has 0 atom stereocenters. The van der Waals surface area contributed by atoms with E-state index in [0.29, 0.717) is 0 Å². The molecule has 0 saturated carbocycles. The standard InChI is InChI=1S/C8H3F3IN3O3/c9-8(10,11)18-7-4(1-2-13)6(15(16)17)5(12)3-14-7/h3H,1H2. The van der Waals surface area contributed by atoms with Gasteiger partial charge in [-0.25, -0.2) is 4.98 Å². The maximum Gasteiger partial charge on any atom is 0.574 e. The predicted molar refractivity (Wildman–Crippen MR) is 59.6 cm³/mol. The molecule has 0 aliphatic heterocycles. The van der Waals surface area contributed by atoms with Crippen LogP contribution in [-0.2, 0) is 6.42 Å². The second-order valence-electron chi connectivity index (χ2n) is 2.88. The minimum Gasteiger partial charge on any atom is -0.387 e. The summed E-state index contributed by atoms with van der Waals surface area (Å²) in [6, 6.07) is 1.54. The molecule has 1 rings (SSSR count). The van der Waals surface area contributed by atoms with Gasteiger partial charge in [-0.2, -0.15) is 5.26 Å². The summed E-state index contributed by atoms with van der Waals surface area (Å²) in [5.41, 5.74) is -1.10. The van der Waals surface area contributed by atoms with Crippen molar-refractivity contribution in [2.24, 2.45) is 0 Å². The minimum atomic E-state index is -5.03. The molecule has 0 fully saturated rings. The molecule has 0 N–H and O–H groups in total. The first-order valence-electron chi connectivity index (χ1n) is 4.20. The van der Waals surface area contributed by atoms with E-state index in [9.17, 15) is 23.3 Å². The van der Waals surface area contributed by atoms with E-state index in [1.165, 1.54) is 6.07 Å². The minimum absolute atomic E-state index is 0.0253. The van der Waals surface area contributed by atoms with Gasteiger partial charge >= 0.3 is 6.36 Å². The molecular weight excluding hydrogens is 370 g/mol. The fourth-order valence-electron chi connectivity index (χ4n) is 1.13. The van der Waals surface area contributed by atoms with Gasteiger partial charge in [0.05, 0.1) is 23.6 Å². The molecule has 0 aromatic carbocycles. The van der Waals surface area contributed by atoms with Gasteiger partial charge in [0, 0.05) is 0 Å². The molecule has 0 aliphatic rings. The summed E-state index contributed by atoms with van der Waals surface area (Å²) < 4.78 is 39.8. The lowest BCUT2D eigenvalue weighted by atomic mass is 10.2. The Kier molecular flexibility index (Phi) is 4.28. The molecule has 1 aromatic heterocycles. The monoisotopic (exact) mass is 373 g/mol. The van der Waals surface area contributed by atoms with Crippen molar-refractivity contribution in [2.45, 2.75) is 12.8 Å². The summed E-state index contributed by atoms with van der Waals surface area (Å²) in [4.78, 5) is 13.2. The van der Waals surface area contributed by atoms with Gasteiger partial charge in [-0.05, 0) is 22.6 Å². The zero-order valence-corrected chi connectivity index (χ0v) is 10.5. The number of pyridine rings is 1. The Hall–Kier alpha value is -1.64. The number of nitriles is 1. The number of rotatable bonds is 3. The lowest BCUT2D eigenvalue weighted by Crippen LogP contribution is -2.19. The van der Waals surface area contributed by atoms with Crippen LogP contribution in [0.4, 0.5) is 18.9 Å². The van der Waals surface area contributed by atoms with Gasteiger partial charge in [0.15, 0.2) is 0 Å². The molecule has 0 unspecified atom stereocenters. The molecule has 0 radical (unpaired) electrons. The summed E-state index contributed by atoms with van der Waals surface area (Å²) in [6.45, 7) is 0. The first-order chi connectivity index (χ1) is 8.26. The van der Waals surface area contributed by atoms with Crippen molar-refractivity contribution in [1.29, 1.82) is 5.26 Å². The van der Waals surface area contributed by atoms with Crippen LogP contribution >= 0.6 is 22.6 Å². The van der Waals surface area contributed by atoms with E-state index in [1.807, 2.05) is 0 Å². The van der Waals surface area contributed by atoms with Gasteiger partial charge in [-0.3, -0.25) is 10.1 Å². The van der Waals surface area contributed by atoms with E-state index in [4.69, 9.17) is 5.26 Å². The first-order valence-corrected chi connectivity index (χ1v) is 5.28. The smallest absolute Gasteiger partial charge is 0.387 e. The van der Waals surface area contributed by atoms with Crippen molar-refractivity contribution in [2.75, 3.05) is 0 Å². The third-order valence-electron chi connectivity index (χ3n) is 1.72. The molecule has 10 heteroatoms. The van der Waals surface area contributed by atoms with Crippen LogP contribution in [0.3, 0.4) is 0 Å². The topological polar surface area (TPSA) is 89.0 Å². The highest BCUT2D eigenvalue weighted by molar-refractivity contribution is 14.1. The number of hydrogen-bond acceptors (Lipinski definition) is 5. The third-order valence-corrected chi connectivity index (χ3v) is 2.51. The van der Waals surface area contributed by atoms with Crippen molar-refractivity contribution in [3.63, 3.8) is 0 Å². The van der Waals surface area contributed by atoms with Crippen molar-refractivity contribution in [3.8, 4) is 11.9 Å². The average Bonchev–Trinajstić information content (AvgIpc) is 2.20. The lowest BCUT2D eigenvalue weighted by molar-refractivity contribution is -0.386. The number of halogens is 4. The molecule has 96 valence electrons. The Morgan fingerprint density at radius 2 is 2.22 bits per heavy atom. The molecular formula is C8H3F3IN3O3. The van der Waals surface area contributed by atoms with Crippen LogP contribution in [0.5, 0.6) is 5.88 Å². The van der Waals surface area contributed by atoms with Crippen LogP contribution in [-0.4, -0.2) is 16.3 Å². The Balaban J connectivity index is 3.40. The van der Waals surface area contributed by atoms with Gasteiger partial charge in [0.1, 0.15) is 9.13 Å². The van der Waals surface area contributed by atoms with Crippen molar-refractivity contribution >= 4 is 28.3 Å². The number of nitrogens with zero attached hydrogens (tertiary/aromatic N) is 3.